The van der Waals surface area contributed by atoms with Gasteiger partial charge < -0.3 is 9.80 Å². The van der Waals surface area contributed by atoms with Crippen LogP contribution in [0.15, 0.2) is 47.4 Å². The van der Waals surface area contributed by atoms with Gasteiger partial charge in [0.1, 0.15) is 5.82 Å². The van der Waals surface area contributed by atoms with Crippen LogP contribution in [0.3, 0.4) is 0 Å². The van der Waals surface area contributed by atoms with Gasteiger partial charge in [0.25, 0.3) is 5.91 Å². The average Bonchev–Trinajstić information content (AvgIpc) is 3.54. The first-order valence-electron chi connectivity index (χ1n) is 10.3. The second-order valence-corrected chi connectivity index (χ2v) is 9.70. The predicted octanol–water partition coefficient (Wildman–Crippen LogP) is 2.93. The molecule has 2 aromatic carbocycles. The Bertz CT molecular complexity index is 1040. The van der Waals surface area contributed by atoms with E-state index in [1.54, 1.807) is 29.2 Å². The Hall–Kier alpha value is -2.45. The van der Waals surface area contributed by atoms with E-state index in [9.17, 15) is 17.6 Å². The molecule has 1 N–H and O–H groups in total. The molecule has 0 bridgehead atoms. The molecule has 160 valence electrons. The zero-order valence-electron chi connectivity index (χ0n) is 17.0. The molecule has 30 heavy (non-hydrogen) atoms. The molecule has 1 saturated carbocycles. The van der Waals surface area contributed by atoms with Crippen molar-refractivity contribution in [2.45, 2.75) is 37.1 Å². The van der Waals surface area contributed by atoms with Crippen molar-refractivity contribution in [3.63, 3.8) is 0 Å². The molecule has 6 nitrogen and oxygen atoms in total. The minimum atomic E-state index is -3.62. The van der Waals surface area contributed by atoms with E-state index in [4.69, 9.17) is 0 Å². The Morgan fingerprint density at radius 1 is 1.03 bits per heavy atom. The van der Waals surface area contributed by atoms with Gasteiger partial charge in [-0.25, -0.2) is 17.5 Å². The van der Waals surface area contributed by atoms with Gasteiger partial charge in [-0.05, 0) is 68.1 Å². The van der Waals surface area contributed by atoms with Crippen LogP contribution in [0, 0.1) is 12.7 Å². The summed E-state index contributed by atoms with van der Waals surface area (Å²) in [5.41, 5.74) is 2.11. The fourth-order valence-electron chi connectivity index (χ4n) is 3.69. The number of hydrogen-bond donors (Lipinski definition) is 1. The van der Waals surface area contributed by atoms with Crippen LogP contribution < -0.4 is 9.62 Å². The van der Waals surface area contributed by atoms with Gasteiger partial charge in [0, 0.05) is 43.5 Å². The van der Waals surface area contributed by atoms with Crippen molar-refractivity contribution in [2.75, 3.05) is 31.1 Å². The first kappa shape index (κ1) is 20.8. The number of rotatable bonds is 5. The lowest BCUT2D eigenvalue weighted by atomic mass is 10.1. The normalized spacial score (nSPS) is 17.7. The molecule has 2 aromatic rings. The van der Waals surface area contributed by atoms with Crippen LogP contribution in [-0.4, -0.2) is 51.4 Å². The maximum Gasteiger partial charge on any atom is 0.254 e. The highest BCUT2D eigenvalue weighted by atomic mass is 32.2. The maximum atomic E-state index is 13.2. The summed E-state index contributed by atoms with van der Waals surface area (Å²) in [7, 11) is -3.62. The van der Waals surface area contributed by atoms with Gasteiger partial charge in [-0.15, -0.1) is 0 Å². The van der Waals surface area contributed by atoms with Crippen LogP contribution in [0.25, 0.3) is 0 Å². The molecule has 0 radical (unpaired) electrons. The highest BCUT2D eigenvalue weighted by Crippen LogP contribution is 2.24. The van der Waals surface area contributed by atoms with Crippen molar-refractivity contribution in [1.29, 1.82) is 0 Å². The molecule has 1 aliphatic carbocycles. The van der Waals surface area contributed by atoms with Crippen molar-refractivity contribution in [3.05, 3.63) is 59.4 Å². The number of carbonyl (C=O) groups excluding carboxylic acids is 1. The topological polar surface area (TPSA) is 69.7 Å². The van der Waals surface area contributed by atoms with Crippen molar-refractivity contribution in [1.82, 2.24) is 9.62 Å². The molecule has 1 amide bonds. The number of hydrogen-bond acceptors (Lipinski definition) is 4. The largest absolute Gasteiger partial charge is 0.370 e. The highest BCUT2D eigenvalue weighted by molar-refractivity contribution is 7.89. The summed E-state index contributed by atoms with van der Waals surface area (Å²) in [4.78, 5) is 17.3. The first-order chi connectivity index (χ1) is 14.3. The molecule has 0 aromatic heterocycles. The molecule has 0 spiro atoms. The SMILES string of the molecule is Cc1ccc(S(=O)(=O)NC2CC2)cc1C(=O)N1CCCN(c2ccc(F)cc2)CC1. The van der Waals surface area contributed by atoms with Gasteiger partial charge in [0.2, 0.25) is 10.0 Å². The highest BCUT2D eigenvalue weighted by Gasteiger charge is 2.29. The molecule has 2 fully saturated rings. The molecule has 2 aliphatic rings. The molecule has 1 saturated heterocycles. The zero-order valence-corrected chi connectivity index (χ0v) is 17.8. The lowest BCUT2D eigenvalue weighted by Gasteiger charge is -2.24. The number of aryl methyl sites for hydroxylation is 1. The minimum absolute atomic E-state index is 0.0125. The Labute approximate surface area is 176 Å². The lowest BCUT2D eigenvalue weighted by molar-refractivity contribution is 0.0766. The van der Waals surface area contributed by atoms with Gasteiger partial charge in [0.15, 0.2) is 0 Å². The molecule has 1 heterocycles. The first-order valence-corrected chi connectivity index (χ1v) is 11.7. The molecular weight excluding hydrogens is 405 g/mol. The summed E-state index contributed by atoms with van der Waals surface area (Å²) < 4.78 is 41.0. The van der Waals surface area contributed by atoms with E-state index in [0.717, 1.165) is 37.1 Å². The second kappa shape index (κ2) is 8.35. The van der Waals surface area contributed by atoms with Gasteiger partial charge >= 0.3 is 0 Å². The number of carbonyl (C=O) groups is 1. The van der Waals surface area contributed by atoms with Gasteiger partial charge in [-0.1, -0.05) is 6.07 Å². The second-order valence-electron chi connectivity index (χ2n) is 7.98. The summed E-state index contributed by atoms with van der Waals surface area (Å²) in [6.45, 7) is 4.34. The average molecular weight is 432 g/mol. The summed E-state index contributed by atoms with van der Waals surface area (Å²) >= 11 is 0. The lowest BCUT2D eigenvalue weighted by Crippen LogP contribution is -2.35. The van der Waals surface area contributed by atoms with Crippen LogP contribution in [0.5, 0.6) is 0 Å². The summed E-state index contributed by atoms with van der Waals surface area (Å²) in [6, 6.07) is 11.1. The van der Waals surface area contributed by atoms with Gasteiger partial charge in [-0.2, -0.15) is 0 Å². The molecule has 1 aliphatic heterocycles. The molecule has 4 rings (SSSR count). The number of sulfonamides is 1. The van der Waals surface area contributed by atoms with Crippen molar-refractivity contribution >= 4 is 21.6 Å². The van der Waals surface area contributed by atoms with E-state index in [0.29, 0.717) is 25.2 Å². The maximum absolute atomic E-state index is 13.2. The predicted molar refractivity (Wildman–Crippen MR) is 114 cm³/mol. The van der Waals surface area contributed by atoms with E-state index in [2.05, 4.69) is 9.62 Å². The molecule has 0 unspecified atom stereocenters. The fourth-order valence-corrected chi connectivity index (χ4v) is 5.02. The Morgan fingerprint density at radius 2 is 1.77 bits per heavy atom. The van der Waals surface area contributed by atoms with Crippen LogP contribution in [0.1, 0.15) is 35.2 Å². The summed E-state index contributed by atoms with van der Waals surface area (Å²) in [6.07, 6.45) is 2.49. The number of amides is 1. The van der Waals surface area contributed by atoms with E-state index < -0.39 is 10.0 Å². The van der Waals surface area contributed by atoms with Crippen LogP contribution >= 0.6 is 0 Å². The number of halogens is 1. The zero-order chi connectivity index (χ0) is 21.3. The van der Waals surface area contributed by atoms with E-state index in [1.165, 1.54) is 18.2 Å². The Kier molecular flexibility index (Phi) is 5.79. The number of benzene rings is 2. The van der Waals surface area contributed by atoms with Crippen molar-refractivity contribution in [3.8, 4) is 0 Å². The molecule has 0 atom stereocenters. The van der Waals surface area contributed by atoms with Gasteiger partial charge in [-0.3, -0.25) is 4.79 Å². The van der Waals surface area contributed by atoms with Crippen LogP contribution in [-0.2, 0) is 10.0 Å². The minimum Gasteiger partial charge on any atom is -0.370 e. The number of anilines is 1. The van der Waals surface area contributed by atoms with Crippen LogP contribution in [0.4, 0.5) is 10.1 Å². The third-order valence-electron chi connectivity index (χ3n) is 5.62. The summed E-state index contributed by atoms with van der Waals surface area (Å²) in [5.74, 6) is -0.427. The third-order valence-corrected chi connectivity index (χ3v) is 7.14. The van der Waals surface area contributed by atoms with Crippen LogP contribution in [0.2, 0.25) is 0 Å². The Balaban J connectivity index is 1.50. The van der Waals surface area contributed by atoms with Crippen molar-refractivity contribution in [2.24, 2.45) is 0 Å². The fraction of sp³-hybridized carbons (Fsp3) is 0.409. The molecular formula is C22H26FN3O3S. The van der Waals surface area contributed by atoms with Gasteiger partial charge in [0.05, 0.1) is 4.90 Å². The Morgan fingerprint density at radius 3 is 2.47 bits per heavy atom. The quantitative estimate of drug-likeness (QED) is 0.790. The smallest absolute Gasteiger partial charge is 0.254 e. The van der Waals surface area contributed by atoms with E-state index in [-0.39, 0.29) is 22.7 Å². The molecule has 8 heteroatoms. The van der Waals surface area contributed by atoms with E-state index in [1.807, 2.05) is 6.92 Å². The monoisotopic (exact) mass is 431 g/mol. The van der Waals surface area contributed by atoms with E-state index >= 15 is 0 Å². The van der Waals surface area contributed by atoms with Crippen molar-refractivity contribution < 1.29 is 17.6 Å². The summed E-state index contributed by atoms with van der Waals surface area (Å²) in [5, 5.41) is 0. The number of nitrogens with one attached hydrogen (secondary N) is 1. The number of nitrogens with zero attached hydrogens (tertiary/aromatic N) is 2. The third kappa shape index (κ3) is 4.65. The standard InChI is InChI=1S/C22H26FN3O3S/c1-16-3-10-20(30(28,29)24-18-6-7-18)15-21(16)22(27)26-12-2-11-25(13-14-26)19-8-4-17(23)5-9-19/h3-5,8-10,15,18,24H,2,6-7,11-14H2,1H3.